The first kappa shape index (κ1) is 22.2. The van der Waals surface area contributed by atoms with Crippen LogP contribution in [0.25, 0.3) is 0 Å². The summed E-state index contributed by atoms with van der Waals surface area (Å²) in [5, 5.41) is 3.93. The minimum Gasteiger partial charge on any atom is -0.378 e. The van der Waals surface area contributed by atoms with Crippen molar-refractivity contribution in [3.63, 3.8) is 0 Å². The van der Waals surface area contributed by atoms with E-state index in [1.54, 1.807) is 42.5 Å². The van der Waals surface area contributed by atoms with Gasteiger partial charge >= 0.3 is 10.1 Å². The Labute approximate surface area is 191 Å². The molecule has 1 amide bonds. The van der Waals surface area contributed by atoms with Crippen LogP contribution < -0.4 is 9.61 Å². The highest BCUT2D eigenvalue weighted by Gasteiger charge is 2.18. The van der Waals surface area contributed by atoms with E-state index in [2.05, 4.69) is 42.4 Å². The highest BCUT2D eigenvalue weighted by Crippen LogP contribution is 2.28. The Morgan fingerprint density at radius 2 is 1.70 bits per heavy atom. The quantitative estimate of drug-likeness (QED) is 0.264. The van der Waals surface area contributed by atoms with E-state index in [4.69, 9.17) is 4.18 Å². The zero-order chi connectivity index (χ0) is 21.7. The number of hydrogen-bond acceptors (Lipinski definition) is 5. The van der Waals surface area contributed by atoms with E-state index in [9.17, 15) is 13.2 Å². The second-order valence-electron chi connectivity index (χ2n) is 6.22. The van der Waals surface area contributed by atoms with Gasteiger partial charge in [0.25, 0.3) is 5.91 Å². The molecule has 0 saturated carbocycles. The van der Waals surface area contributed by atoms with Crippen LogP contribution in [-0.2, 0) is 10.1 Å². The van der Waals surface area contributed by atoms with Crippen LogP contribution in [0.1, 0.15) is 21.5 Å². The van der Waals surface area contributed by atoms with Crippen LogP contribution in [0, 0.1) is 6.92 Å². The summed E-state index contributed by atoms with van der Waals surface area (Å²) in [6, 6.07) is 18.2. The maximum Gasteiger partial charge on any atom is 0.339 e. The molecule has 3 rings (SSSR count). The number of nitrogens with one attached hydrogen (secondary N) is 1. The largest absolute Gasteiger partial charge is 0.378 e. The van der Waals surface area contributed by atoms with Crippen molar-refractivity contribution in [3.8, 4) is 5.75 Å². The number of carbonyl (C=O) groups is 1. The number of rotatable bonds is 6. The van der Waals surface area contributed by atoms with Gasteiger partial charge in [-0.25, -0.2) is 5.43 Å². The van der Waals surface area contributed by atoms with Crippen molar-refractivity contribution in [3.05, 3.63) is 92.4 Å². The Kier molecular flexibility index (Phi) is 7.06. The SMILES string of the molecule is Cc1ccc(S(=O)(=O)Oc2ccc(/C=N\NC(=O)c3ccccc3Br)cc2Br)cc1. The van der Waals surface area contributed by atoms with Crippen molar-refractivity contribution < 1.29 is 17.4 Å². The standard InChI is InChI=1S/C21H16Br2N2O4S/c1-14-6-9-16(10-7-14)30(27,28)29-20-11-8-15(12-19(20)23)13-24-25-21(26)17-4-2-3-5-18(17)22/h2-13H,1H3,(H,25,26)/b24-13-. The van der Waals surface area contributed by atoms with E-state index < -0.39 is 10.1 Å². The minimum atomic E-state index is -3.95. The molecule has 0 saturated heterocycles. The molecule has 9 heteroatoms. The van der Waals surface area contributed by atoms with Crippen molar-refractivity contribution in [1.82, 2.24) is 5.43 Å². The van der Waals surface area contributed by atoms with Crippen LogP contribution in [0.2, 0.25) is 0 Å². The number of hydrogen-bond donors (Lipinski definition) is 1. The molecule has 3 aromatic carbocycles. The molecular weight excluding hydrogens is 536 g/mol. The van der Waals surface area contributed by atoms with Gasteiger partial charge < -0.3 is 4.18 Å². The Morgan fingerprint density at radius 3 is 2.37 bits per heavy atom. The number of hydrazone groups is 1. The van der Waals surface area contributed by atoms with Crippen molar-refractivity contribution in [2.75, 3.05) is 0 Å². The highest BCUT2D eigenvalue weighted by molar-refractivity contribution is 9.10. The van der Waals surface area contributed by atoms with E-state index in [-0.39, 0.29) is 16.6 Å². The number of nitrogens with zero attached hydrogens (tertiary/aromatic N) is 1. The lowest BCUT2D eigenvalue weighted by molar-refractivity contribution is 0.0954. The summed E-state index contributed by atoms with van der Waals surface area (Å²) in [7, 11) is -3.95. The second-order valence-corrected chi connectivity index (χ2v) is 9.47. The number of carbonyl (C=O) groups excluding carboxylic acids is 1. The number of aryl methyl sites for hydroxylation is 1. The number of halogens is 2. The Morgan fingerprint density at radius 1 is 1.00 bits per heavy atom. The Hall–Kier alpha value is -2.49. The van der Waals surface area contributed by atoms with Gasteiger partial charge in [-0.15, -0.1) is 0 Å². The fourth-order valence-electron chi connectivity index (χ4n) is 2.41. The van der Waals surface area contributed by atoms with E-state index in [1.165, 1.54) is 24.4 Å². The third-order valence-electron chi connectivity index (χ3n) is 3.96. The van der Waals surface area contributed by atoms with Crippen LogP contribution in [0.5, 0.6) is 5.75 Å². The molecule has 30 heavy (non-hydrogen) atoms. The fourth-order valence-corrected chi connectivity index (χ4v) is 4.40. The molecule has 1 N–H and O–H groups in total. The van der Waals surface area contributed by atoms with Crippen molar-refractivity contribution in [2.45, 2.75) is 11.8 Å². The number of benzene rings is 3. The van der Waals surface area contributed by atoms with Crippen LogP contribution in [-0.4, -0.2) is 20.5 Å². The Balaban J connectivity index is 1.69. The predicted molar refractivity (Wildman–Crippen MR) is 122 cm³/mol. The molecule has 0 aromatic heterocycles. The zero-order valence-electron chi connectivity index (χ0n) is 15.7. The molecule has 0 heterocycles. The normalized spacial score (nSPS) is 11.4. The third kappa shape index (κ3) is 5.56. The summed E-state index contributed by atoms with van der Waals surface area (Å²) in [6.45, 7) is 1.87. The Bertz CT molecular complexity index is 1210. The molecule has 154 valence electrons. The van der Waals surface area contributed by atoms with Gasteiger partial charge in [0.15, 0.2) is 5.75 Å². The first-order chi connectivity index (χ1) is 14.3. The molecule has 0 aliphatic heterocycles. The van der Waals surface area contributed by atoms with Gasteiger partial charge in [0.05, 0.1) is 16.3 Å². The summed E-state index contributed by atoms with van der Waals surface area (Å²) in [4.78, 5) is 12.2. The van der Waals surface area contributed by atoms with E-state index in [0.717, 1.165) is 5.56 Å². The molecule has 0 atom stereocenters. The lowest BCUT2D eigenvalue weighted by Gasteiger charge is -2.09. The molecule has 0 unspecified atom stereocenters. The molecule has 0 aliphatic rings. The van der Waals surface area contributed by atoms with Gasteiger partial charge in [0.2, 0.25) is 0 Å². The molecule has 0 radical (unpaired) electrons. The summed E-state index contributed by atoms with van der Waals surface area (Å²) in [5.41, 5.74) is 4.49. The monoisotopic (exact) mass is 550 g/mol. The van der Waals surface area contributed by atoms with E-state index >= 15 is 0 Å². The van der Waals surface area contributed by atoms with Gasteiger partial charge in [0, 0.05) is 4.47 Å². The van der Waals surface area contributed by atoms with Gasteiger partial charge in [-0.05, 0) is 86.8 Å². The lowest BCUT2D eigenvalue weighted by atomic mass is 10.2. The van der Waals surface area contributed by atoms with Gasteiger partial charge in [0.1, 0.15) is 4.90 Å². The van der Waals surface area contributed by atoms with Crippen LogP contribution in [0.4, 0.5) is 0 Å². The lowest BCUT2D eigenvalue weighted by Crippen LogP contribution is -2.18. The van der Waals surface area contributed by atoms with Crippen molar-refractivity contribution in [1.29, 1.82) is 0 Å². The van der Waals surface area contributed by atoms with Crippen LogP contribution in [0.15, 0.2) is 85.7 Å². The summed E-state index contributed by atoms with van der Waals surface area (Å²) in [5.74, 6) is -0.216. The average Bonchev–Trinajstić information content (AvgIpc) is 2.70. The summed E-state index contributed by atoms with van der Waals surface area (Å²) >= 11 is 6.62. The third-order valence-corrected chi connectivity index (χ3v) is 6.52. The molecule has 3 aromatic rings. The van der Waals surface area contributed by atoms with Crippen LogP contribution >= 0.6 is 31.9 Å². The summed E-state index contributed by atoms with van der Waals surface area (Å²) in [6.07, 6.45) is 1.44. The smallest absolute Gasteiger partial charge is 0.339 e. The van der Waals surface area contributed by atoms with Crippen molar-refractivity contribution >= 4 is 54.1 Å². The van der Waals surface area contributed by atoms with Gasteiger partial charge in [-0.2, -0.15) is 13.5 Å². The van der Waals surface area contributed by atoms with Gasteiger partial charge in [-0.3, -0.25) is 4.79 Å². The van der Waals surface area contributed by atoms with Gasteiger partial charge in [-0.1, -0.05) is 29.8 Å². The molecule has 0 fully saturated rings. The van der Waals surface area contributed by atoms with Crippen molar-refractivity contribution in [2.24, 2.45) is 5.10 Å². The molecule has 0 bridgehead atoms. The first-order valence-electron chi connectivity index (χ1n) is 8.65. The van der Waals surface area contributed by atoms with E-state index in [0.29, 0.717) is 20.1 Å². The average molecular weight is 552 g/mol. The molecule has 0 aliphatic carbocycles. The van der Waals surface area contributed by atoms with E-state index in [1.807, 2.05) is 13.0 Å². The minimum absolute atomic E-state index is 0.0698. The molecule has 6 nitrogen and oxygen atoms in total. The van der Waals surface area contributed by atoms with Crippen LogP contribution in [0.3, 0.4) is 0 Å². The topological polar surface area (TPSA) is 84.8 Å². The maximum absolute atomic E-state index is 12.4. The predicted octanol–water partition coefficient (Wildman–Crippen LogP) is 5.05. The molecular formula is C21H16Br2N2O4S. The molecule has 0 spiro atoms. The maximum atomic E-state index is 12.4. The fraction of sp³-hybridized carbons (Fsp3) is 0.0476. The second kappa shape index (κ2) is 9.55. The zero-order valence-corrected chi connectivity index (χ0v) is 19.7. The number of amides is 1. The first-order valence-corrected chi connectivity index (χ1v) is 11.6. The highest BCUT2D eigenvalue weighted by atomic mass is 79.9. The summed E-state index contributed by atoms with van der Waals surface area (Å²) < 4.78 is 31.2.